The van der Waals surface area contributed by atoms with Crippen LogP contribution in [0, 0.1) is 6.92 Å². The smallest absolute Gasteiger partial charge is 0.191 e. The average molecular weight is 385 g/mol. The predicted molar refractivity (Wildman–Crippen MR) is 92.2 cm³/mol. The van der Waals surface area contributed by atoms with Crippen LogP contribution >= 0.6 is 24.0 Å². The fourth-order valence-corrected chi connectivity index (χ4v) is 1.67. The van der Waals surface area contributed by atoms with E-state index < -0.39 is 0 Å². The topological polar surface area (TPSA) is 65.1 Å². The first-order valence-electron chi connectivity index (χ1n) is 6.26. The summed E-state index contributed by atoms with van der Waals surface area (Å²) in [6.45, 7) is 3.51. The van der Waals surface area contributed by atoms with E-state index in [2.05, 4.69) is 57.0 Å². The number of halogens is 1. The summed E-state index contributed by atoms with van der Waals surface area (Å²) in [7, 11) is 1.76. The zero-order valence-electron chi connectivity index (χ0n) is 11.7. The quantitative estimate of drug-likeness (QED) is 0.430. The third kappa shape index (κ3) is 5.20. The first-order valence-corrected chi connectivity index (χ1v) is 6.26. The van der Waals surface area contributed by atoms with Gasteiger partial charge in [-0.1, -0.05) is 29.8 Å². The van der Waals surface area contributed by atoms with E-state index in [9.17, 15) is 0 Å². The Hall–Kier alpha value is -1.57. The molecule has 2 aromatic rings. The minimum atomic E-state index is 0. The molecule has 0 fully saturated rings. The zero-order valence-corrected chi connectivity index (χ0v) is 14.0. The highest BCUT2D eigenvalue weighted by Crippen LogP contribution is 2.02. The highest BCUT2D eigenvalue weighted by atomic mass is 127. The lowest BCUT2D eigenvalue weighted by Gasteiger charge is -2.11. The third-order valence-corrected chi connectivity index (χ3v) is 2.81. The molecule has 0 bridgehead atoms. The lowest BCUT2D eigenvalue weighted by atomic mass is 10.1. The van der Waals surface area contributed by atoms with Crippen LogP contribution in [0.4, 0.5) is 0 Å². The number of nitrogens with zero attached hydrogens (tertiary/aromatic N) is 2. The standard InChI is InChI=1S/C14H19N5.HI/c1-11-3-5-12(6-4-11)9-16-14(15-2)17-10-13-7-8-18-19-13;/h3-8H,9-10H2,1-2H3,(H,18,19)(H2,15,16,17);1H. The Kier molecular flexibility index (Phi) is 7.06. The van der Waals surface area contributed by atoms with Crippen LogP contribution in [0.2, 0.25) is 0 Å². The second-order valence-electron chi connectivity index (χ2n) is 4.35. The van der Waals surface area contributed by atoms with Gasteiger partial charge in [0.1, 0.15) is 0 Å². The van der Waals surface area contributed by atoms with Crippen molar-refractivity contribution >= 4 is 29.9 Å². The lowest BCUT2D eigenvalue weighted by molar-refractivity contribution is 0.789. The molecule has 0 aliphatic rings. The van der Waals surface area contributed by atoms with Gasteiger partial charge in [-0.2, -0.15) is 5.10 Å². The largest absolute Gasteiger partial charge is 0.352 e. The van der Waals surface area contributed by atoms with E-state index in [1.807, 2.05) is 6.07 Å². The molecule has 0 spiro atoms. The first-order chi connectivity index (χ1) is 9.28. The fourth-order valence-electron chi connectivity index (χ4n) is 1.67. The molecule has 20 heavy (non-hydrogen) atoms. The van der Waals surface area contributed by atoms with Gasteiger partial charge in [-0.15, -0.1) is 24.0 Å². The molecule has 1 heterocycles. The summed E-state index contributed by atoms with van der Waals surface area (Å²) in [4.78, 5) is 4.18. The van der Waals surface area contributed by atoms with Crippen LogP contribution in [0.3, 0.4) is 0 Å². The summed E-state index contributed by atoms with van der Waals surface area (Å²) in [6.07, 6.45) is 1.74. The Morgan fingerprint density at radius 3 is 2.45 bits per heavy atom. The van der Waals surface area contributed by atoms with Crippen LogP contribution in [0.15, 0.2) is 41.5 Å². The minimum absolute atomic E-state index is 0. The molecule has 108 valence electrons. The van der Waals surface area contributed by atoms with Gasteiger partial charge in [0.05, 0.1) is 12.2 Å². The normalized spacial score (nSPS) is 10.8. The third-order valence-electron chi connectivity index (χ3n) is 2.81. The van der Waals surface area contributed by atoms with Crippen molar-refractivity contribution in [1.29, 1.82) is 0 Å². The summed E-state index contributed by atoms with van der Waals surface area (Å²) in [5, 5.41) is 13.3. The van der Waals surface area contributed by atoms with E-state index in [0.717, 1.165) is 18.2 Å². The summed E-state index contributed by atoms with van der Waals surface area (Å²) < 4.78 is 0. The zero-order chi connectivity index (χ0) is 13.5. The number of guanidine groups is 1. The van der Waals surface area contributed by atoms with Crippen molar-refractivity contribution in [3.05, 3.63) is 53.3 Å². The molecule has 0 amide bonds. The number of aryl methyl sites for hydroxylation is 1. The molecule has 6 heteroatoms. The molecule has 0 aliphatic heterocycles. The number of benzene rings is 1. The number of hydrogen-bond donors (Lipinski definition) is 3. The minimum Gasteiger partial charge on any atom is -0.352 e. The van der Waals surface area contributed by atoms with Crippen LogP contribution in [-0.4, -0.2) is 23.2 Å². The van der Waals surface area contributed by atoms with E-state index in [1.54, 1.807) is 13.2 Å². The van der Waals surface area contributed by atoms with Crippen molar-refractivity contribution in [2.75, 3.05) is 7.05 Å². The molecule has 3 N–H and O–H groups in total. The monoisotopic (exact) mass is 385 g/mol. The Morgan fingerprint density at radius 1 is 1.15 bits per heavy atom. The van der Waals surface area contributed by atoms with Crippen molar-refractivity contribution in [3.8, 4) is 0 Å². The number of aromatic amines is 1. The summed E-state index contributed by atoms with van der Waals surface area (Å²) in [5.74, 6) is 0.773. The van der Waals surface area contributed by atoms with Gasteiger partial charge in [0.15, 0.2) is 5.96 Å². The SMILES string of the molecule is CN=C(NCc1ccc(C)cc1)NCc1ccn[nH]1.I. The Balaban J connectivity index is 0.00000200. The molecule has 0 saturated heterocycles. The maximum Gasteiger partial charge on any atom is 0.191 e. The number of H-pyrrole nitrogens is 1. The van der Waals surface area contributed by atoms with Crippen molar-refractivity contribution in [1.82, 2.24) is 20.8 Å². The number of aromatic nitrogens is 2. The summed E-state index contributed by atoms with van der Waals surface area (Å²) in [6, 6.07) is 10.4. The van der Waals surface area contributed by atoms with E-state index in [4.69, 9.17) is 0 Å². The van der Waals surface area contributed by atoms with Crippen molar-refractivity contribution < 1.29 is 0 Å². The Labute approximate surface area is 136 Å². The van der Waals surface area contributed by atoms with Crippen LogP contribution in [-0.2, 0) is 13.1 Å². The van der Waals surface area contributed by atoms with Crippen LogP contribution in [0.5, 0.6) is 0 Å². The summed E-state index contributed by atoms with van der Waals surface area (Å²) in [5.41, 5.74) is 3.53. The van der Waals surface area contributed by atoms with Crippen molar-refractivity contribution in [2.24, 2.45) is 4.99 Å². The molecule has 2 rings (SSSR count). The Morgan fingerprint density at radius 2 is 1.85 bits per heavy atom. The van der Waals surface area contributed by atoms with E-state index in [0.29, 0.717) is 6.54 Å². The molecular weight excluding hydrogens is 365 g/mol. The molecule has 0 aliphatic carbocycles. The van der Waals surface area contributed by atoms with Gasteiger partial charge in [-0.3, -0.25) is 10.1 Å². The maximum atomic E-state index is 4.18. The fraction of sp³-hybridized carbons (Fsp3) is 0.286. The molecule has 1 aromatic heterocycles. The second kappa shape index (κ2) is 8.57. The molecule has 5 nitrogen and oxygen atoms in total. The van der Waals surface area contributed by atoms with Gasteiger partial charge in [0.2, 0.25) is 0 Å². The highest BCUT2D eigenvalue weighted by molar-refractivity contribution is 14.0. The van der Waals surface area contributed by atoms with Crippen molar-refractivity contribution in [2.45, 2.75) is 20.0 Å². The first kappa shape index (κ1) is 16.5. The van der Waals surface area contributed by atoms with Gasteiger partial charge in [-0.25, -0.2) is 0 Å². The van der Waals surface area contributed by atoms with Gasteiger partial charge in [-0.05, 0) is 18.6 Å². The van der Waals surface area contributed by atoms with Crippen LogP contribution in [0.1, 0.15) is 16.8 Å². The highest BCUT2D eigenvalue weighted by Gasteiger charge is 1.99. The van der Waals surface area contributed by atoms with Crippen molar-refractivity contribution in [3.63, 3.8) is 0 Å². The molecule has 1 aromatic carbocycles. The van der Waals surface area contributed by atoms with Crippen LogP contribution in [0.25, 0.3) is 0 Å². The number of aliphatic imine (C=N–C) groups is 1. The van der Waals surface area contributed by atoms with Gasteiger partial charge in [0.25, 0.3) is 0 Å². The van der Waals surface area contributed by atoms with Crippen LogP contribution < -0.4 is 10.6 Å². The average Bonchev–Trinajstić information content (AvgIpc) is 2.94. The maximum absolute atomic E-state index is 4.18. The molecule has 0 saturated carbocycles. The van der Waals surface area contributed by atoms with Gasteiger partial charge in [0, 0.05) is 19.8 Å². The van der Waals surface area contributed by atoms with E-state index in [1.165, 1.54) is 11.1 Å². The number of rotatable bonds is 4. The Bertz CT molecular complexity index is 519. The molecule has 0 unspecified atom stereocenters. The lowest BCUT2D eigenvalue weighted by Crippen LogP contribution is -2.36. The number of nitrogens with one attached hydrogen (secondary N) is 3. The molecular formula is C14H20IN5. The van der Waals surface area contributed by atoms with Gasteiger partial charge < -0.3 is 10.6 Å². The number of hydrogen-bond acceptors (Lipinski definition) is 2. The summed E-state index contributed by atoms with van der Waals surface area (Å²) >= 11 is 0. The molecule has 0 atom stereocenters. The second-order valence-corrected chi connectivity index (χ2v) is 4.35. The van der Waals surface area contributed by atoms with E-state index >= 15 is 0 Å². The molecule has 0 radical (unpaired) electrons. The van der Waals surface area contributed by atoms with E-state index in [-0.39, 0.29) is 24.0 Å². The predicted octanol–water partition coefficient (Wildman–Crippen LogP) is 2.20. The van der Waals surface area contributed by atoms with Gasteiger partial charge >= 0.3 is 0 Å².